The lowest BCUT2D eigenvalue weighted by molar-refractivity contribution is 0.100. The molecular formula is C16H16ClN3O4S. The van der Waals surface area contributed by atoms with Gasteiger partial charge in [0.25, 0.3) is 11.8 Å². The van der Waals surface area contributed by atoms with E-state index in [1.807, 2.05) is 0 Å². The predicted molar refractivity (Wildman–Crippen MR) is 97.6 cm³/mol. The molecule has 25 heavy (non-hydrogen) atoms. The molecule has 0 heterocycles. The first-order valence-corrected chi connectivity index (χ1v) is 9.27. The van der Waals surface area contributed by atoms with Gasteiger partial charge in [-0.3, -0.25) is 13.9 Å². The van der Waals surface area contributed by atoms with E-state index in [2.05, 4.69) is 5.32 Å². The van der Waals surface area contributed by atoms with E-state index in [-0.39, 0.29) is 21.8 Å². The van der Waals surface area contributed by atoms with E-state index in [1.54, 1.807) is 12.1 Å². The molecule has 0 saturated carbocycles. The minimum Gasteiger partial charge on any atom is -0.366 e. The molecule has 2 aromatic carbocycles. The molecule has 0 bridgehead atoms. The van der Waals surface area contributed by atoms with Crippen LogP contribution in [0.4, 0.5) is 11.4 Å². The molecule has 3 N–H and O–H groups in total. The van der Waals surface area contributed by atoms with Gasteiger partial charge in [0, 0.05) is 7.05 Å². The third-order valence-electron chi connectivity index (χ3n) is 3.50. The van der Waals surface area contributed by atoms with E-state index in [0.717, 1.165) is 10.6 Å². The lowest BCUT2D eigenvalue weighted by Gasteiger charge is -2.17. The Kier molecular flexibility index (Phi) is 5.34. The number of hydrogen-bond acceptors (Lipinski definition) is 4. The molecule has 2 amide bonds. The van der Waals surface area contributed by atoms with Crippen LogP contribution in [0.2, 0.25) is 5.02 Å². The summed E-state index contributed by atoms with van der Waals surface area (Å²) in [5, 5.41) is 2.64. The first-order chi connectivity index (χ1) is 11.6. The van der Waals surface area contributed by atoms with Crippen molar-refractivity contribution >= 4 is 44.8 Å². The SMILES string of the molecule is CN(c1ccc(C(=O)Nc2ccccc2C(N)=O)c(Cl)c1)S(C)(=O)=O. The highest BCUT2D eigenvalue weighted by atomic mass is 35.5. The molecule has 0 radical (unpaired) electrons. The van der Waals surface area contributed by atoms with Gasteiger partial charge in [-0.25, -0.2) is 8.42 Å². The quantitative estimate of drug-likeness (QED) is 0.826. The Hall–Kier alpha value is -2.58. The normalized spacial score (nSPS) is 11.0. The van der Waals surface area contributed by atoms with Gasteiger partial charge >= 0.3 is 0 Å². The van der Waals surface area contributed by atoms with Crippen LogP contribution in [0.25, 0.3) is 0 Å². The van der Waals surface area contributed by atoms with Crippen molar-refractivity contribution in [3.63, 3.8) is 0 Å². The summed E-state index contributed by atoms with van der Waals surface area (Å²) < 4.78 is 24.2. The molecule has 0 fully saturated rings. The molecule has 0 aromatic heterocycles. The fourth-order valence-corrected chi connectivity index (χ4v) is 2.83. The van der Waals surface area contributed by atoms with Crippen LogP contribution in [0.15, 0.2) is 42.5 Å². The Balaban J connectivity index is 2.31. The number of sulfonamides is 1. The highest BCUT2D eigenvalue weighted by molar-refractivity contribution is 7.92. The van der Waals surface area contributed by atoms with E-state index in [4.69, 9.17) is 17.3 Å². The van der Waals surface area contributed by atoms with Gasteiger partial charge in [0.1, 0.15) is 0 Å². The summed E-state index contributed by atoms with van der Waals surface area (Å²) >= 11 is 6.11. The van der Waals surface area contributed by atoms with E-state index >= 15 is 0 Å². The highest BCUT2D eigenvalue weighted by Gasteiger charge is 2.17. The van der Waals surface area contributed by atoms with Gasteiger partial charge in [0.2, 0.25) is 10.0 Å². The number of nitrogens with zero attached hydrogens (tertiary/aromatic N) is 1. The summed E-state index contributed by atoms with van der Waals surface area (Å²) in [6, 6.07) is 10.5. The van der Waals surface area contributed by atoms with Crippen molar-refractivity contribution in [3.05, 3.63) is 58.6 Å². The smallest absolute Gasteiger partial charge is 0.257 e. The Labute approximate surface area is 150 Å². The average molecular weight is 382 g/mol. The van der Waals surface area contributed by atoms with E-state index in [1.165, 1.54) is 37.4 Å². The molecule has 0 atom stereocenters. The number of amides is 2. The lowest BCUT2D eigenvalue weighted by Crippen LogP contribution is -2.25. The minimum atomic E-state index is -3.45. The third kappa shape index (κ3) is 4.28. The summed E-state index contributed by atoms with van der Waals surface area (Å²) in [5.74, 6) is -1.22. The topological polar surface area (TPSA) is 110 Å². The van der Waals surface area contributed by atoms with Crippen LogP contribution in [0, 0.1) is 0 Å². The number of carbonyl (C=O) groups is 2. The van der Waals surface area contributed by atoms with E-state index < -0.39 is 21.8 Å². The number of benzene rings is 2. The largest absolute Gasteiger partial charge is 0.366 e. The predicted octanol–water partition coefficient (Wildman–Crippen LogP) is 2.09. The summed E-state index contributed by atoms with van der Waals surface area (Å²) in [4.78, 5) is 23.8. The third-order valence-corrected chi connectivity index (χ3v) is 5.02. The fourth-order valence-electron chi connectivity index (χ4n) is 2.07. The number of para-hydroxylation sites is 1. The molecule has 9 heteroatoms. The Bertz CT molecular complexity index is 944. The molecule has 132 valence electrons. The molecular weight excluding hydrogens is 366 g/mol. The Morgan fingerprint density at radius 1 is 1.12 bits per heavy atom. The molecule has 0 aliphatic carbocycles. The van der Waals surface area contributed by atoms with Crippen LogP contribution < -0.4 is 15.4 Å². The zero-order valence-electron chi connectivity index (χ0n) is 13.5. The molecule has 7 nitrogen and oxygen atoms in total. The Morgan fingerprint density at radius 2 is 1.76 bits per heavy atom. The monoisotopic (exact) mass is 381 g/mol. The van der Waals surface area contributed by atoms with Crippen molar-refractivity contribution in [3.8, 4) is 0 Å². The summed E-state index contributed by atoms with van der Waals surface area (Å²) in [5.41, 5.74) is 6.15. The van der Waals surface area contributed by atoms with Gasteiger partial charge in [-0.1, -0.05) is 23.7 Å². The first kappa shape index (κ1) is 18.8. The van der Waals surface area contributed by atoms with Gasteiger partial charge in [-0.2, -0.15) is 0 Å². The second kappa shape index (κ2) is 7.12. The summed E-state index contributed by atoms with van der Waals surface area (Å²) in [6.07, 6.45) is 1.06. The van der Waals surface area contributed by atoms with Gasteiger partial charge in [-0.15, -0.1) is 0 Å². The maximum Gasteiger partial charge on any atom is 0.257 e. The molecule has 0 unspecified atom stereocenters. The van der Waals surface area contributed by atoms with Crippen LogP contribution in [0.1, 0.15) is 20.7 Å². The van der Waals surface area contributed by atoms with Gasteiger partial charge < -0.3 is 11.1 Å². The van der Waals surface area contributed by atoms with Crippen molar-refractivity contribution in [2.24, 2.45) is 5.73 Å². The number of rotatable bonds is 5. The van der Waals surface area contributed by atoms with Gasteiger partial charge in [0.05, 0.1) is 33.8 Å². The van der Waals surface area contributed by atoms with Crippen molar-refractivity contribution in [2.75, 3.05) is 22.9 Å². The van der Waals surface area contributed by atoms with Gasteiger partial charge in [0.15, 0.2) is 0 Å². The van der Waals surface area contributed by atoms with E-state index in [9.17, 15) is 18.0 Å². The maximum absolute atomic E-state index is 12.4. The number of carbonyl (C=O) groups excluding carboxylic acids is 2. The first-order valence-electron chi connectivity index (χ1n) is 7.05. The molecule has 2 rings (SSSR count). The average Bonchev–Trinajstić information content (AvgIpc) is 2.53. The van der Waals surface area contributed by atoms with Crippen LogP contribution in [0.3, 0.4) is 0 Å². The second-order valence-corrected chi connectivity index (χ2v) is 7.68. The molecule has 0 aliphatic heterocycles. The number of nitrogens with one attached hydrogen (secondary N) is 1. The van der Waals surface area contributed by atoms with Crippen molar-refractivity contribution < 1.29 is 18.0 Å². The summed E-state index contributed by atoms with van der Waals surface area (Å²) in [7, 11) is -2.07. The number of halogens is 1. The summed E-state index contributed by atoms with van der Waals surface area (Å²) in [6.45, 7) is 0. The standard InChI is InChI=1S/C16H16ClN3O4S/c1-20(25(2,23)24)10-7-8-11(13(17)9-10)16(22)19-14-6-4-3-5-12(14)15(18)21/h3-9H,1-2H3,(H2,18,21)(H,19,22). The molecule has 0 aliphatic rings. The highest BCUT2D eigenvalue weighted by Crippen LogP contribution is 2.25. The fraction of sp³-hybridized carbons (Fsp3) is 0.125. The second-order valence-electron chi connectivity index (χ2n) is 5.26. The number of hydrogen-bond donors (Lipinski definition) is 2. The van der Waals surface area contributed by atoms with Crippen LogP contribution in [-0.4, -0.2) is 33.5 Å². The van der Waals surface area contributed by atoms with Crippen LogP contribution in [0.5, 0.6) is 0 Å². The number of primary amides is 1. The van der Waals surface area contributed by atoms with Crippen LogP contribution >= 0.6 is 11.6 Å². The van der Waals surface area contributed by atoms with Crippen LogP contribution in [-0.2, 0) is 10.0 Å². The van der Waals surface area contributed by atoms with Crippen molar-refractivity contribution in [2.45, 2.75) is 0 Å². The molecule has 0 spiro atoms. The van der Waals surface area contributed by atoms with E-state index in [0.29, 0.717) is 5.69 Å². The number of nitrogens with two attached hydrogens (primary N) is 1. The maximum atomic E-state index is 12.4. The zero-order chi connectivity index (χ0) is 18.8. The number of anilines is 2. The van der Waals surface area contributed by atoms with Gasteiger partial charge in [-0.05, 0) is 30.3 Å². The van der Waals surface area contributed by atoms with Crippen molar-refractivity contribution in [1.29, 1.82) is 0 Å². The Morgan fingerprint density at radius 3 is 2.32 bits per heavy atom. The van der Waals surface area contributed by atoms with Crippen molar-refractivity contribution in [1.82, 2.24) is 0 Å². The molecule has 0 saturated heterocycles. The molecule has 2 aromatic rings. The minimum absolute atomic E-state index is 0.0713. The zero-order valence-corrected chi connectivity index (χ0v) is 15.1. The lowest BCUT2D eigenvalue weighted by atomic mass is 10.1.